The van der Waals surface area contributed by atoms with E-state index in [2.05, 4.69) is 10.3 Å². The number of carbonyl (C=O) groups is 1. The third-order valence-corrected chi connectivity index (χ3v) is 4.04. The molecular weight excluding hydrogens is 330 g/mol. The van der Waals surface area contributed by atoms with Crippen molar-refractivity contribution in [1.29, 1.82) is 0 Å². The molecule has 0 radical (unpaired) electrons. The first-order chi connectivity index (χ1) is 12.0. The van der Waals surface area contributed by atoms with Gasteiger partial charge in [-0.3, -0.25) is 4.99 Å². The topological polar surface area (TPSA) is 80.0 Å². The molecule has 1 saturated heterocycles. The van der Waals surface area contributed by atoms with E-state index >= 15 is 0 Å². The summed E-state index contributed by atoms with van der Waals surface area (Å²) in [6.07, 6.45) is 1.47. The number of nitrogens with two attached hydrogens (primary N) is 1. The van der Waals surface area contributed by atoms with Crippen LogP contribution >= 0.6 is 0 Å². The summed E-state index contributed by atoms with van der Waals surface area (Å²) in [5, 5.41) is 3.10. The normalized spacial score (nSPS) is 16.0. The first-order valence-corrected chi connectivity index (χ1v) is 8.41. The van der Waals surface area contributed by atoms with E-state index in [0.717, 1.165) is 25.0 Å². The molecule has 2 rings (SSSR count). The Bertz CT molecular complexity index is 617. The number of hydrogen-bond acceptors (Lipinski definition) is 3. The lowest BCUT2D eigenvalue weighted by atomic mass is 10.1. The van der Waals surface area contributed by atoms with Gasteiger partial charge in [0.1, 0.15) is 11.6 Å². The molecule has 8 heteroatoms. The van der Waals surface area contributed by atoms with Crippen LogP contribution in [0, 0.1) is 11.6 Å². The van der Waals surface area contributed by atoms with Crippen molar-refractivity contribution in [3.05, 3.63) is 35.4 Å². The molecule has 1 aromatic rings. The third-order valence-electron chi connectivity index (χ3n) is 4.04. The Balaban J connectivity index is 1.75. The van der Waals surface area contributed by atoms with Crippen molar-refractivity contribution in [2.45, 2.75) is 32.2 Å². The van der Waals surface area contributed by atoms with E-state index < -0.39 is 11.6 Å². The lowest BCUT2D eigenvalue weighted by Crippen LogP contribution is -2.48. The number of amides is 1. The van der Waals surface area contributed by atoms with Crippen LogP contribution in [0.1, 0.15) is 25.3 Å². The Labute approximate surface area is 146 Å². The Morgan fingerprint density at radius 2 is 2.12 bits per heavy atom. The number of ether oxygens (including phenoxy) is 1. The fraction of sp³-hybridized carbons (Fsp3) is 0.529. The summed E-state index contributed by atoms with van der Waals surface area (Å²) in [6.45, 7) is 3.60. The van der Waals surface area contributed by atoms with E-state index in [4.69, 9.17) is 10.5 Å². The highest BCUT2D eigenvalue weighted by Crippen LogP contribution is 2.12. The van der Waals surface area contributed by atoms with Crippen molar-refractivity contribution in [3.63, 3.8) is 0 Å². The van der Waals surface area contributed by atoms with Gasteiger partial charge in [0.05, 0.1) is 6.61 Å². The zero-order chi connectivity index (χ0) is 18.2. The predicted molar refractivity (Wildman–Crippen MR) is 91.3 cm³/mol. The molecule has 25 heavy (non-hydrogen) atoms. The van der Waals surface area contributed by atoms with E-state index in [1.807, 2.05) is 0 Å². The summed E-state index contributed by atoms with van der Waals surface area (Å²) in [5.74, 6) is -0.652. The molecule has 3 N–H and O–H groups in total. The molecule has 0 bridgehead atoms. The minimum Gasteiger partial charge on any atom is -0.450 e. The molecule has 0 atom stereocenters. The van der Waals surface area contributed by atoms with Gasteiger partial charge in [0.2, 0.25) is 0 Å². The average molecular weight is 354 g/mol. The van der Waals surface area contributed by atoms with Gasteiger partial charge in [-0.15, -0.1) is 0 Å². The lowest BCUT2D eigenvalue weighted by Gasteiger charge is -2.31. The van der Waals surface area contributed by atoms with Gasteiger partial charge < -0.3 is 20.7 Å². The molecule has 0 aromatic heterocycles. The van der Waals surface area contributed by atoms with Gasteiger partial charge in [-0.25, -0.2) is 13.6 Å². The van der Waals surface area contributed by atoms with Gasteiger partial charge in [-0.1, -0.05) is 0 Å². The van der Waals surface area contributed by atoms with Crippen LogP contribution in [0.2, 0.25) is 0 Å². The summed E-state index contributed by atoms with van der Waals surface area (Å²) in [7, 11) is 0. The molecule has 0 saturated carbocycles. The largest absolute Gasteiger partial charge is 0.450 e. The van der Waals surface area contributed by atoms with Crippen molar-refractivity contribution in [1.82, 2.24) is 10.2 Å². The van der Waals surface area contributed by atoms with Gasteiger partial charge >= 0.3 is 6.09 Å². The second-order valence-corrected chi connectivity index (χ2v) is 5.86. The molecule has 0 unspecified atom stereocenters. The summed E-state index contributed by atoms with van der Waals surface area (Å²) in [6, 6.07) is 3.48. The van der Waals surface area contributed by atoms with Crippen molar-refractivity contribution in [2.75, 3.05) is 26.2 Å². The minimum absolute atomic E-state index is 0.125. The standard InChI is InChI=1S/C17H24F2N4O2/c1-2-25-17(24)23-9-6-14(7-10-23)22-16(20)21-8-5-12-11-13(18)3-4-15(12)19/h3-4,11,14H,2,5-10H2,1H3,(H3,20,21,22). The highest BCUT2D eigenvalue weighted by atomic mass is 19.1. The Kier molecular flexibility index (Phi) is 6.97. The van der Waals surface area contributed by atoms with Gasteiger partial charge in [0.15, 0.2) is 5.96 Å². The Morgan fingerprint density at radius 1 is 1.40 bits per heavy atom. The predicted octanol–water partition coefficient (Wildman–Crippen LogP) is 2.03. The quantitative estimate of drug-likeness (QED) is 0.626. The summed E-state index contributed by atoms with van der Waals surface area (Å²) in [5.41, 5.74) is 6.12. The third kappa shape index (κ3) is 5.88. The number of carbonyl (C=O) groups excluding carboxylic acids is 1. The van der Waals surface area contributed by atoms with Crippen molar-refractivity contribution in [2.24, 2.45) is 10.7 Å². The molecule has 0 spiro atoms. The van der Waals surface area contributed by atoms with E-state index in [9.17, 15) is 13.6 Å². The number of aliphatic imine (C=N–C) groups is 1. The van der Waals surface area contributed by atoms with Gasteiger partial charge in [0.25, 0.3) is 0 Å². The monoisotopic (exact) mass is 354 g/mol. The van der Waals surface area contributed by atoms with Crippen LogP contribution in [0.25, 0.3) is 0 Å². The molecule has 138 valence electrons. The first kappa shape index (κ1) is 19.0. The molecule has 6 nitrogen and oxygen atoms in total. The fourth-order valence-electron chi connectivity index (χ4n) is 2.71. The molecular formula is C17H24F2N4O2. The zero-order valence-corrected chi connectivity index (χ0v) is 14.3. The maximum atomic E-state index is 13.5. The number of likely N-dealkylation sites (tertiary alicyclic amines) is 1. The first-order valence-electron chi connectivity index (χ1n) is 8.41. The van der Waals surface area contributed by atoms with Crippen LogP contribution in [-0.4, -0.2) is 49.2 Å². The number of rotatable bonds is 5. The Morgan fingerprint density at radius 3 is 2.80 bits per heavy atom. The minimum atomic E-state index is -0.472. The van der Waals surface area contributed by atoms with Crippen LogP contribution in [0.5, 0.6) is 0 Å². The molecule has 0 aliphatic carbocycles. The van der Waals surface area contributed by atoms with Gasteiger partial charge in [0, 0.05) is 25.7 Å². The van der Waals surface area contributed by atoms with Crippen molar-refractivity contribution in [3.8, 4) is 0 Å². The molecule has 1 aromatic carbocycles. The summed E-state index contributed by atoms with van der Waals surface area (Å²) < 4.78 is 31.6. The van der Waals surface area contributed by atoms with E-state index in [1.165, 1.54) is 6.07 Å². The smallest absolute Gasteiger partial charge is 0.409 e. The number of piperidine rings is 1. The van der Waals surface area contributed by atoms with Crippen LogP contribution in [0.4, 0.5) is 13.6 Å². The maximum absolute atomic E-state index is 13.5. The van der Waals surface area contributed by atoms with Crippen LogP contribution in [-0.2, 0) is 11.2 Å². The summed E-state index contributed by atoms with van der Waals surface area (Å²) in [4.78, 5) is 17.5. The second-order valence-electron chi connectivity index (χ2n) is 5.86. The maximum Gasteiger partial charge on any atom is 0.409 e. The van der Waals surface area contributed by atoms with Crippen molar-refractivity contribution < 1.29 is 18.3 Å². The number of halogens is 2. The summed E-state index contributed by atoms with van der Waals surface area (Å²) >= 11 is 0. The average Bonchev–Trinajstić information content (AvgIpc) is 2.59. The molecule has 1 aliphatic heterocycles. The fourth-order valence-corrected chi connectivity index (χ4v) is 2.71. The number of nitrogens with zero attached hydrogens (tertiary/aromatic N) is 2. The van der Waals surface area contributed by atoms with Gasteiger partial charge in [-0.2, -0.15) is 0 Å². The van der Waals surface area contributed by atoms with Crippen LogP contribution in [0.3, 0.4) is 0 Å². The number of guanidine groups is 1. The number of benzene rings is 1. The van der Waals surface area contributed by atoms with Gasteiger partial charge in [-0.05, 0) is 49.9 Å². The van der Waals surface area contributed by atoms with E-state index in [0.29, 0.717) is 19.7 Å². The van der Waals surface area contributed by atoms with E-state index in [-0.39, 0.29) is 36.6 Å². The SMILES string of the molecule is CCOC(=O)N1CCC(NC(N)=NCCc2cc(F)ccc2F)CC1. The molecule has 1 aliphatic rings. The second kappa shape index (κ2) is 9.19. The van der Waals surface area contributed by atoms with Crippen LogP contribution < -0.4 is 11.1 Å². The number of hydrogen-bond donors (Lipinski definition) is 2. The van der Waals surface area contributed by atoms with E-state index in [1.54, 1.807) is 11.8 Å². The zero-order valence-electron chi connectivity index (χ0n) is 14.3. The molecule has 1 fully saturated rings. The van der Waals surface area contributed by atoms with Crippen LogP contribution in [0.15, 0.2) is 23.2 Å². The number of nitrogens with one attached hydrogen (secondary N) is 1. The highest BCUT2D eigenvalue weighted by Gasteiger charge is 2.23. The lowest BCUT2D eigenvalue weighted by molar-refractivity contribution is 0.0963. The Hall–Kier alpha value is -2.38. The van der Waals surface area contributed by atoms with Crippen molar-refractivity contribution >= 4 is 12.1 Å². The molecule has 1 amide bonds. The highest BCUT2D eigenvalue weighted by molar-refractivity contribution is 5.78. The molecule has 1 heterocycles.